The van der Waals surface area contributed by atoms with Gasteiger partial charge in [-0.1, -0.05) is 11.6 Å². The van der Waals surface area contributed by atoms with Crippen molar-refractivity contribution in [3.63, 3.8) is 0 Å². The highest BCUT2D eigenvalue weighted by Gasteiger charge is 1.98. The number of anilines is 1. The number of rotatable bonds is 0. The number of nitrogens with zero attached hydrogens (tertiary/aromatic N) is 6. The van der Waals surface area contributed by atoms with Gasteiger partial charge in [0.05, 0.1) is 13.4 Å². The van der Waals surface area contributed by atoms with E-state index in [1.165, 1.54) is 19.0 Å². The zero-order valence-electron chi connectivity index (χ0n) is 15.8. The van der Waals surface area contributed by atoms with Crippen LogP contribution in [0.4, 0.5) is 5.82 Å². The highest BCUT2D eigenvalue weighted by Crippen LogP contribution is 2.19. The molecule has 1 aliphatic heterocycles. The Balaban J connectivity index is 0.000000217. The van der Waals surface area contributed by atoms with E-state index in [-0.39, 0.29) is 5.28 Å². The molecule has 8 nitrogen and oxygen atoms in total. The van der Waals surface area contributed by atoms with Crippen LogP contribution in [0.1, 0.15) is 12.8 Å². The predicted octanol–water partition coefficient (Wildman–Crippen LogP) is 7.22. The standard InChI is InChI=1S/C4HBrCl2N2.C4HBrI2N2.C4H3BrIN3.C4H8O/c2*5-2-1-8-4(7)9-3(2)6;5-2-1-8-4(6)9-3(2)7;1-2-4-5-3-1/h2*1H;1H,(H2,7,8,9);1-4H2. The first-order valence-corrected chi connectivity index (χ1v) is 14.7. The summed E-state index contributed by atoms with van der Waals surface area (Å²) < 4.78 is 9.67. The summed E-state index contributed by atoms with van der Waals surface area (Å²) in [6, 6.07) is 0. The van der Waals surface area contributed by atoms with Crippen LogP contribution in [0.2, 0.25) is 10.4 Å². The van der Waals surface area contributed by atoms with Crippen molar-refractivity contribution in [1.82, 2.24) is 29.9 Å². The van der Waals surface area contributed by atoms with Crippen LogP contribution in [0, 0.1) is 11.4 Å². The third kappa shape index (κ3) is 13.9. The molecular formula is C16H13Br3Cl2I3N7O. The van der Waals surface area contributed by atoms with Crippen molar-refractivity contribution in [3.05, 3.63) is 53.8 Å². The molecule has 0 aliphatic carbocycles. The van der Waals surface area contributed by atoms with E-state index < -0.39 is 0 Å². The van der Waals surface area contributed by atoms with Gasteiger partial charge in [0.1, 0.15) is 14.7 Å². The number of aromatic nitrogens is 6. The molecule has 0 atom stereocenters. The Morgan fingerprint density at radius 3 is 1.69 bits per heavy atom. The van der Waals surface area contributed by atoms with E-state index in [1.807, 2.05) is 22.6 Å². The summed E-state index contributed by atoms with van der Waals surface area (Å²) in [7, 11) is 0. The topological polar surface area (TPSA) is 113 Å². The SMILES string of the molecule is Brc1cnc(I)nc1I.C1CCOC1.Clc1ncc(Br)c(Cl)n1.Nc1nc(I)ncc1Br. The Morgan fingerprint density at radius 1 is 0.781 bits per heavy atom. The number of nitrogen functional groups attached to an aromatic ring is 1. The minimum atomic E-state index is 0.156. The summed E-state index contributed by atoms with van der Waals surface area (Å²) >= 11 is 26.7. The van der Waals surface area contributed by atoms with E-state index in [2.05, 4.69) is 123 Å². The van der Waals surface area contributed by atoms with Gasteiger partial charge in [0.25, 0.3) is 0 Å². The molecule has 32 heavy (non-hydrogen) atoms. The second-order valence-electron chi connectivity index (χ2n) is 5.25. The Morgan fingerprint density at radius 2 is 1.31 bits per heavy atom. The highest BCUT2D eigenvalue weighted by molar-refractivity contribution is 14.1. The lowest BCUT2D eigenvalue weighted by atomic mass is 10.4. The second kappa shape index (κ2) is 17.6. The molecule has 0 radical (unpaired) electrons. The maximum atomic E-state index is 5.53. The lowest BCUT2D eigenvalue weighted by Gasteiger charge is -1.93. The van der Waals surface area contributed by atoms with Gasteiger partial charge in [-0.15, -0.1) is 0 Å². The first-order chi connectivity index (χ1) is 15.1. The molecule has 4 heterocycles. The first kappa shape index (κ1) is 31.2. The van der Waals surface area contributed by atoms with E-state index in [0.29, 0.717) is 19.3 Å². The molecule has 0 bridgehead atoms. The van der Waals surface area contributed by atoms with E-state index in [0.717, 1.165) is 29.7 Å². The zero-order chi connectivity index (χ0) is 24.1. The van der Waals surface area contributed by atoms with Crippen molar-refractivity contribution < 1.29 is 4.74 Å². The lowest BCUT2D eigenvalue weighted by molar-refractivity contribution is 0.198. The summed E-state index contributed by atoms with van der Waals surface area (Å²) in [5, 5.41) is 0.484. The van der Waals surface area contributed by atoms with E-state index >= 15 is 0 Å². The molecule has 16 heteroatoms. The molecule has 3 aromatic heterocycles. The Kier molecular flexibility index (Phi) is 17.2. The molecule has 0 unspecified atom stereocenters. The first-order valence-electron chi connectivity index (χ1n) is 8.28. The molecule has 0 saturated carbocycles. The van der Waals surface area contributed by atoms with Gasteiger partial charge in [0, 0.05) is 77.0 Å². The predicted molar refractivity (Wildman–Crippen MR) is 162 cm³/mol. The maximum Gasteiger partial charge on any atom is 0.223 e. The van der Waals surface area contributed by atoms with Gasteiger partial charge in [0.2, 0.25) is 5.28 Å². The van der Waals surface area contributed by atoms with Crippen molar-refractivity contribution >= 4 is 145 Å². The zero-order valence-corrected chi connectivity index (χ0v) is 28.5. The van der Waals surface area contributed by atoms with Crippen LogP contribution in [0.5, 0.6) is 0 Å². The third-order valence-electron chi connectivity index (χ3n) is 2.91. The van der Waals surface area contributed by atoms with Crippen LogP contribution in [0.25, 0.3) is 0 Å². The van der Waals surface area contributed by atoms with Gasteiger partial charge in [-0.25, -0.2) is 29.9 Å². The molecule has 174 valence electrons. The highest BCUT2D eigenvalue weighted by atomic mass is 127. The fourth-order valence-electron chi connectivity index (χ4n) is 1.52. The number of ether oxygens (including phenoxy) is 1. The summed E-state index contributed by atoms with van der Waals surface area (Å²) in [6.45, 7) is 2.00. The monoisotopic (exact) mass is 1010 g/mol. The number of halogens is 8. The summed E-state index contributed by atoms with van der Waals surface area (Å²) in [5.74, 6) is 0.481. The lowest BCUT2D eigenvalue weighted by Crippen LogP contribution is -1.95. The molecule has 1 aliphatic rings. The molecule has 0 aromatic carbocycles. The van der Waals surface area contributed by atoms with Crippen LogP contribution in [0.3, 0.4) is 0 Å². The molecule has 1 fully saturated rings. The number of hydrogen-bond donors (Lipinski definition) is 1. The van der Waals surface area contributed by atoms with Crippen LogP contribution < -0.4 is 5.73 Å². The molecule has 4 rings (SSSR count). The molecule has 0 spiro atoms. The van der Waals surface area contributed by atoms with Crippen LogP contribution in [-0.2, 0) is 4.74 Å². The molecule has 0 amide bonds. The summed E-state index contributed by atoms with van der Waals surface area (Å²) in [6.07, 6.45) is 7.43. The van der Waals surface area contributed by atoms with Gasteiger partial charge < -0.3 is 10.5 Å². The van der Waals surface area contributed by atoms with E-state index in [9.17, 15) is 0 Å². The van der Waals surface area contributed by atoms with Crippen molar-refractivity contribution in [2.75, 3.05) is 18.9 Å². The second-order valence-corrected chi connectivity index (χ2v) is 11.5. The van der Waals surface area contributed by atoms with Crippen molar-refractivity contribution in [2.24, 2.45) is 0 Å². The summed E-state index contributed by atoms with van der Waals surface area (Å²) in [5.41, 5.74) is 5.42. The quantitative estimate of drug-likeness (QED) is 0.143. The Bertz CT molecular complexity index is 882. The Hall–Kier alpha value is 1.21. The third-order valence-corrected chi connectivity index (χ3v) is 7.99. The molecule has 2 N–H and O–H groups in total. The molecule has 3 aromatic rings. The van der Waals surface area contributed by atoms with Crippen molar-refractivity contribution in [1.29, 1.82) is 0 Å². The van der Waals surface area contributed by atoms with Crippen molar-refractivity contribution in [3.8, 4) is 0 Å². The van der Waals surface area contributed by atoms with Crippen molar-refractivity contribution in [2.45, 2.75) is 12.8 Å². The number of nitrogens with two attached hydrogens (primary N) is 1. The van der Waals surface area contributed by atoms with Crippen LogP contribution >= 0.6 is 139 Å². The average molecular weight is 1010 g/mol. The summed E-state index contributed by atoms with van der Waals surface area (Å²) in [4.78, 5) is 23.1. The normalized spacial score (nSPS) is 11.9. The largest absolute Gasteiger partial charge is 0.383 e. The Labute approximate surface area is 261 Å². The minimum Gasteiger partial charge on any atom is -0.383 e. The smallest absolute Gasteiger partial charge is 0.223 e. The van der Waals surface area contributed by atoms with Crippen LogP contribution in [-0.4, -0.2) is 43.1 Å². The minimum absolute atomic E-state index is 0.156. The fraction of sp³-hybridized carbons (Fsp3) is 0.250. The van der Waals surface area contributed by atoms with Gasteiger partial charge in [-0.2, -0.15) is 0 Å². The van der Waals surface area contributed by atoms with Gasteiger partial charge >= 0.3 is 0 Å². The van der Waals surface area contributed by atoms with Crippen LogP contribution in [0.15, 0.2) is 32.0 Å². The number of hydrogen-bond acceptors (Lipinski definition) is 8. The maximum absolute atomic E-state index is 5.53. The van der Waals surface area contributed by atoms with Gasteiger partial charge in [0.15, 0.2) is 7.66 Å². The van der Waals surface area contributed by atoms with E-state index in [4.69, 9.17) is 33.7 Å². The van der Waals surface area contributed by atoms with Gasteiger partial charge in [-0.3, -0.25) is 0 Å². The van der Waals surface area contributed by atoms with E-state index in [1.54, 1.807) is 12.4 Å². The fourth-order valence-corrected chi connectivity index (χ4v) is 4.01. The average Bonchev–Trinajstić information content (AvgIpc) is 3.32. The molecular weight excluding hydrogens is 998 g/mol. The van der Waals surface area contributed by atoms with Gasteiger partial charge in [-0.05, 0) is 94.8 Å². The molecule has 1 saturated heterocycles.